The Morgan fingerprint density at radius 1 is 1.48 bits per heavy atom. The van der Waals surface area contributed by atoms with Crippen molar-refractivity contribution in [1.29, 1.82) is 0 Å². The molecule has 0 aliphatic carbocycles. The van der Waals surface area contributed by atoms with Crippen LogP contribution in [0.2, 0.25) is 0 Å². The molecule has 5 nitrogen and oxygen atoms in total. The van der Waals surface area contributed by atoms with E-state index in [0.717, 1.165) is 38.6 Å². The molecule has 2 unspecified atom stereocenters. The summed E-state index contributed by atoms with van der Waals surface area (Å²) in [5.74, 6) is 1.50. The van der Waals surface area contributed by atoms with Crippen molar-refractivity contribution in [2.45, 2.75) is 32.2 Å². The molecule has 1 aliphatic rings. The maximum absolute atomic E-state index is 5.21. The number of rotatable bonds is 9. The highest BCUT2D eigenvalue weighted by Gasteiger charge is 2.23. The highest BCUT2D eigenvalue weighted by atomic mass is 127. The van der Waals surface area contributed by atoms with Crippen molar-refractivity contribution in [3.8, 4) is 0 Å². The summed E-state index contributed by atoms with van der Waals surface area (Å²) in [6.07, 6.45) is 3.65. The second-order valence-electron chi connectivity index (χ2n) is 6.55. The number of hydrogen-bond donors (Lipinski definition) is 2. The predicted molar refractivity (Wildman–Crippen MR) is 118 cm³/mol. The number of nitrogens with one attached hydrogen (secondary N) is 2. The molecule has 1 aromatic rings. The maximum Gasteiger partial charge on any atom is 0.191 e. The molecule has 0 aromatic carbocycles. The summed E-state index contributed by atoms with van der Waals surface area (Å²) in [4.78, 5) is 8.33. The summed E-state index contributed by atoms with van der Waals surface area (Å²) in [5.41, 5.74) is 0. The van der Waals surface area contributed by atoms with E-state index in [9.17, 15) is 0 Å². The smallest absolute Gasteiger partial charge is 0.191 e. The number of nitrogens with zero attached hydrogens (tertiary/aromatic N) is 2. The second kappa shape index (κ2) is 12.9. The van der Waals surface area contributed by atoms with Crippen LogP contribution >= 0.6 is 35.3 Å². The van der Waals surface area contributed by atoms with Crippen LogP contribution in [0.5, 0.6) is 0 Å². The monoisotopic (exact) mass is 480 g/mol. The molecule has 7 heteroatoms. The first-order valence-corrected chi connectivity index (χ1v) is 9.80. The van der Waals surface area contributed by atoms with E-state index in [2.05, 4.69) is 45.0 Å². The highest BCUT2D eigenvalue weighted by Crippen LogP contribution is 2.16. The Balaban J connectivity index is 0.00000312. The summed E-state index contributed by atoms with van der Waals surface area (Å²) in [7, 11) is 3.61. The van der Waals surface area contributed by atoms with Crippen LogP contribution in [-0.2, 0) is 11.2 Å². The number of likely N-dealkylation sites (tertiary alicyclic amines) is 1. The molecule has 2 atom stereocenters. The van der Waals surface area contributed by atoms with Crippen molar-refractivity contribution in [2.75, 3.05) is 46.9 Å². The maximum atomic E-state index is 5.21. The van der Waals surface area contributed by atoms with E-state index in [1.807, 2.05) is 18.4 Å². The van der Waals surface area contributed by atoms with Crippen LogP contribution in [0.3, 0.4) is 0 Å². The average molecular weight is 480 g/mol. The van der Waals surface area contributed by atoms with Gasteiger partial charge in [-0.3, -0.25) is 9.89 Å². The molecular weight excluding hydrogens is 447 g/mol. The van der Waals surface area contributed by atoms with Gasteiger partial charge in [-0.2, -0.15) is 0 Å². The molecule has 2 N–H and O–H groups in total. The third-order valence-corrected chi connectivity index (χ3v) is 5.46. The van der Waals surface area contributed by atoms with Crippen molar-refractivity contribution in [1.82, 2.24) is 15.5 Å². The molecule has 2 heterocycles. The lowest BCUT2D eigenvalue weighted by Gasteiger charge is -2.25. The number of methoxy groups -OCH3 is 1. The van der Waals surface area contributed by atoms with Crippen LogP contribution in [0.4, 0.5) is 0 Å². The highest BCUT2D eigenvalue weighted by molar-refractivity contribution is 14.0. The van der Waals surface area contributed by atoms with Crippen molar-refractivity contribution < 1.29 is 4.74 Å². The molecule has 0 radical (unpaired) electrons. The van der Waals surface area contributed by atoms with E-state index in [4.69, 9.17) is 4.74 Å². The van der Waals surface area contributed by atoms with Gasteiger partial charge < -0.3 is 15.4 Å². The van der Waals surface area contributed by atoms with Gasteiger partial charge >= 0.3 is 0 Å². The van der Waals surface area contributed by atoms with E-state index in [1.165, 1.54) is 24.3 Å². The van der Waals surface area contributed by atoms with Gasteiger partial charge in [-0.05, 0) is 43.2 Å². The SMILES string of the molecule is CN=C(NCC(C)Cc1cccs1)NCC1CCCN1CCOC.I. The van der Waals surface area contributed by atoms with Gasteiger partial charge in [0.1, 0.15) is 0 Å². The minimum Gasteiger partial charge on any atom is -0.383 e. The van der Waals surface area contributed by atoms with E-state index in [1.54, 1.807) is 7.11 Å². The van der Waals surface area contributed by atoms with E-state index >= 15 is 0 Å². The second-order valence-corrected chi connectivity index (χ2v) is 7.58. The zero-order valence-corrected chi connectivity index (χ0v) is 18.8. The molecule has 2 rings (SSSR count). The number of hydrogen-bond acceptors (Lipinski definition) is 4. The molecule has 25 heavy (non-hydrogen) atoms. The first-order chi connectivity index (χ1) is 11.7. The fourth-order valence-electron chi connectivity index (χ4n) is 3.18. The summed E-state index contributed by atoms with van der Waals surface area (Å²) in [6.45, 7) is 7.18. The van der Waals surface area contributed by atoms with Gasteiger partial charge in [0.05, 0.1) is 6.61 Å². The van der Waals surface area contributed by atoms with Crippen molar-refractivity contribution in [2.24, 2.45) is 10.9 Å². The van der Waals surface area contributed by atoms with Crippen LogP contribution in [0.15, 0.2) is 22.5 Å². The number of guanidine groups is 1. The molecule has 144 valence electrons. The van der Waals surface area contributed by atoms with Gasteiger partial charge in [-0.25, -0.2) is 0 Å². The third-order valence-electron chi connectivity index (χ3n) is 4.56. The average Bonchev–Trinajstić information content (AvgIpc) is 3.24. The Kier molecular flexibility index (Phi) is 11.7. The molecule has 0 amide bonds. The Morgan fingerprint density at radius 2 is 2.32 bits per heavy atom. The number of ether oxygens (including phenoxy) is 1. The van der Waals surface area contributed by atoms with Crippen molar-refractivity contribution in [3.63, 3.8) is 0 Å². The molecule has 1 aromatic heterocycles. The molecule has 0 spiro atoms. The lowest BCUT2D eigenvalue weighted by atomic mass is 10.1. The molecule has 1 aliphatic heterocycles. The fourth-order valence-corrected chi connectivity index (χ4v) is 4.05. The minimum atomic E-state index is 0. The van der Waals surface area contributed by atoms with Gasteiger partial charge in [0, 0.05) is 44.7 Å². The lowest BCUT2D eigenvalue weighted by Crippen LogP contribution is -2.46. The standard InChI is InChI=1S/C18H32N4OS.HI/c1-15(12-17-7-5-11-24-17)13-20-18(19-2)21-14-16-6-4-8-22(16)9-10-23-3;/h5,7,11,15-16H,4,6,8-10,12-14H2,1-3H3,(H2,19,20,21);1H. The molecule has 1 saturated heterocycles. The van der Waals surface area contributed by atoms with E-state index in [0.29, 0.717) is 12.0 Å². The van der Waals surface area contributed by atoms with Gasteiger partial charge in [0.25, 0.3) is 0 Å². The van der Waals surface area contributed by atoms with Gasteiger partial charge in [-0.1, -0.05) is 13.0 Å². The predicted octanol–water partition coefficient (Wildman–Crippen LogP) is 2.82. The van der Waals surface area contributed by atoms with Crippen LogP contribution < -0.4 is 10.6 Å². The van der Waals surface area contributed by atoms with Crippen molar-refractivity contribution >= 4 is 41.3 Å². The summed E-state index contributed by atoms with van der Waals surface area (Å²) in [6, 6.07) is 4.92. The fraction of sp³-hybridized carbons (Fsp3) is 0.722. The molecular formula is C18H33IN4OS. The van der Waals surface area contributed by atoms with Crippen LogP contribution in [-0.4, -0.2) is 63.8 Å². The van der Waals surface area contributed by atoms with Gasteiger partial charge in [0.15, 0.2) is 5.96 Å². The number of halogens is 1. The Bertz CT molecular complexity index is 483. The van der Waals surface area contributed by atoms with Gasteiger partial charge in [-0.15, -0.1) is 35.3 Å². The zero-order valence-electron chi connectivity index (χ0n) is 15.7. The first-order valence-electron chi connectivity index (χ1n) is 8.92. The Labute approximate surface area is 173 Å². The topological polar surface area (TPSA) is 48.9 Å². The van der Waals surface area contributed by atoms with Gasteiger partial charge in [0.2, 0.25) is 0 Å². The van der Waals surface area contributed by atoms with E-state index in [-0.39, 0.29) is 24.0 Å². The van der Waals surface area contributed by atoms with Crippen LogP contribution in [0, 0.1) is 5.92 Å². The largest absolute Gasteiger partial charge is 0.383 e. The molecule has 0 saturated carbocycles. The minimum absolute atomic E-state index is 0. The Hall–Kier alpha value is -0.380. The summed E-state index contributed by atoms with van der Waals surface area (Å²) < 4.78 is 5.21. The first kappa shape index (κ1) is 22.7. The Morgan fingerprint density at radius 3 is 3.00 bits per heavy atom. The summed E-state index contributed by atoms with van der Waals surface area (Å²) >= 11 is 1.84. The van der Waals surface area contributed by atoms with E-state index < -0.39 is 0 Å². The number of aliphatic imine (C=N–C) groups is 1. The number of thiophene rings is 1. The van der Waals surface area contributed by atoms with Crippen LogP contribution in [0.1, 0.15) is 24.6 Å². The third kappa shape index (κ3) is 8.23. The van der Waals surface area contributed by atoms with Crippen LogP contribution in [0.25, 0.3) is 0 Å². The lowest BCUT2D eigenvalue weighted by molar-refractivity contribution is 0.141. The molecule has 0 bridgehead atoms. The summed E-state index contributed by atoms with van der Waals surface area (Å²) in [5, 5.41) is 9.10. The van der Waals surface area contributed by atoms with Crippen molar-refractivity contribution in [3.05, 3.63) is 22.4 Å². The normalized spacial score (nSPS) is 19.5. The molecule has 1 fully saturated rings. The zero-order chi connectivity index (χ0) is 17.2. The quantitative estimate of drug-likeness (QED) is 0.324.